The maximum absolute atomic E-state index is 11.9. The largest absolute Gasteiger partial charge is 0.737 e. The molecule has 0 spiro atoms. The Bertz CT molecular complexity index is 1350. The number of rotatable bonds is 8. The normalized spacial score (nSPS) is 12.3. The van der Waals surface area contributed by atoms with Crippen LogP contribution in [0.5, 0.6) is 0 Å². The molecule has 0 fully saturated rings. The molecule has 2 aromatic heterocycles. The smallest absolute Gasteiger partial charge is 0.262 e. The fraction of sp³-hybridized carbons (Fsp3) is 0. The third-order valence-electron chi connectivity index (χ3n) is 3.49. The van der Waals surface area contributed by atoms with Crippen LogP contribution in [0.1, 0.15) is 0 Å². The lowest BCUT2D eigenvalue weighted by Crippen LogP contribution is -2.22. The van der Waals surface area contributed by atoms with Crippen LogP contribution in [0.25, 0.3) is 22.1 Å². The monoisotopic (exact) mass is 473 g/mol. The summed E-state index contributed by atoms with van der Waals surface area (Å²) in [6, 6.07) is 12.7. The van der Waals surface area contributed by atoms with Crippen LogP contribution in [0, 0.1) is 0 Å². The van der Waals surface area contributed by atoms with Crippen LogP contribution >= 0.6 is 8.25 Å². The molecule has 0 amide bonds. The molecule has 2 heterocycles. The SMILES string of the molecule is O=[P+](OS(=O)(=O)On1cnc2ccccc21)OS(=O)(=O)On1cnc2ccccc21. The molecule has 13 nitrogen and oxygen atoms in total. The lowest BCUT2D eigenvalue weighted by molar-refractivity contribution is 0.236. The third kappa shape index (κ3) is 4.39. The van der Waals surface area contributed by atoms with E-state index in [0.29, 0.717) is 11.0 Å². The Balaban J connectivity index is 1.44. The molecule has 4 aromatic rings. The number of hydrogen-bond acceptors (Lipinski definition) is 11. The van der Waals surface area contributed by atoms with Crippen molar-refractivity contribution in [2.24, 2.45) is 0 Å². The molecule has 0 saturated carbocycles. The van der Waals surface area contributed by atoms with Crippen LogP contribution in [0.4, 0.5) is 0 Å². The van der Waals surface area contributed by atoms with Crippen molar-refractivity contribution in [3.8, 4) is 0 Å². The van der Waals surface area contributed by atoms with Crippen LogP contribution in [-0.2, 0) is 33.3 Å². The van der Waals surface area contributed by atoms with Crippen LogP contribution in [0.2, 0.25) is 0 Å². The summed E-state index contributed by atoms with van der Waals surface area (Å²) in [5.74, 6) is 0. The highest BCUT2D eigenvalue weighted by molar-refractivity contribution is 7.88. The molecule has 30 heavy (non-hydrogen) atoms. The zero-order chi connectivity index (χ0) is 21.4. The lowest BCUT2D eigenvalue weighted by Gasteiger charge is -2.03. The maximum atomic E-state index is 11.9. The van der Waals surface area contributed by atoms with Gasteiger partial charge in [-0.2, -0.15) is 16.8 Å². The molecular weight excluding hydrogens is 463 g/mol. The zero-order valence-electron chi connectivity index (χ0n) is 14.5. The van der Waals surface area contributed by atoms with Crippen LogP contribution in [0.15, 0.2) is 61.2 Å². The predicted octanol–water partition coefficient (Wildman–Crippen LogP) is 1.12. The van der Waals surface area contributed by atoms with Gasteiger partial charge in [0.05, 0.1) is 19.0 Å². The lowest BCUT2D eigenvalue weighted by atomic mass is 10.3. The van der Waals surface area contributed by atoms with E-state index in [9.17, 15) is 21.4 Å². The summed E-state index contributed by atoms with van der Waals surface area (Å²) < 4.78 is 78.3. The highest BCUT2D eigenvalue weighted by Gasteiger charge is 2.41. The quantitative estimate of drug-likeness (QED) is 0.338. The average Bonchev–Trinajstić information content (AvgIpc) is 3.25. The van der Waals surface area contributed by atoms with Crippen LogP contribution < -0.4 is 8.57 Å². The number of nitrogens with zero attached hydrogens (tertiary/aromatic N) is 4. The molecule has 16 heteroatoms. The zero-order valence-corrected chi connectivity index (χ0v) is 17.0. The van der Waals surface area contributed by atoms with Gasteiger partial charge in [0.2, 0.25) is 0 Å². The number of imidazole rings is 2. The van der Waals surface area contributed by atoms with Gasteiger partial charge in [-0.05, 0) is 24.3 Å². The second kappa shape index (κ2) is 7.62. The summed E-state index contributed by atoms with van der Waals surface area (Å²) in [6.45, 7) is 0. The molecule has 0 radical (unpaired) electrons. The number of fused-ring (bicyclic) bond motifs is 2. The summed E-state index contributed by atoms with van der Waals surface area (Å²) in [6.07, 6.45) is 2.06. The molecule has 2 aromatic carbocycles. The van der Waals surface area contributed by atoms with Gasteiger partial charge >= 0.3 is 29.1 Å². The first-order valence-corrected chi connectivity index (χ1v) is 11.6. The molecule has 156 valence electrons. The standard InChI is InChI=1S/C14H10N4O9PS2/c19-28(26-29(20,21)24-17-9-15-11-5-1-3-7-13(11)17)27-30(22,23)25-18-10-16-12-6-2-4-8-14(12)18/h1-10H/q+1. The van der Waals surface area contributed by atoms with Crippen LogP contribution in [-0.4, -0.2) is 36.3 Å². The van der Waals surface area contributed by atoms with E-state index in [-0.39, 0.29) is 11.0 Å². The molecule has 0 unspecified atom stereocenters. The maximum Gasteiger partial charge on any atom is 0.737 e. The number of hydrogen-bond donors (Lipinski definition) is 0. The average molecular weight is 473 g/mol. The van der Waals surface area contributed by atoms with E-state index < -0.39 is 29.1 Å². The predicted molar refractivity (Wildman–Crippen MR) is 100 cm³/mol. The summed E-state index contributed by atoms with van der Waals surface area (Å²) >= 11 is 0. The third-order valence-corrected chi connectivity index (χ3v) is 6.61. The van der Waals surface area contributed by atoms with Gasteiger partial charge in [-0.3, -0.25) is 8.57 Å². The molecular formula is C14H10N4O9PS2+. The minimum Gasteiger partial charge on any atom is -0.262 e. The highest BCUT2D eigenvalue weighted by Crippen LogP contribution is 2.29. The number of benzene rings is 2. The van der Waals surface area contributed by atoms with Gasteiger partial charge in [0, 0.05) is 4.57 Å². The Kier molecular flexibility index (Phi) is 5.13. The molecule has 0 aliphatic carbocycles. The van der Waals surface area contributed by atoms with Gasteiger partial charge in [-0.1, -0.05) is 24.3 Å². The Morgan fingerprint density at radius 1 is 0.700 bits per heavy atom. The van der Waals surface area contributed by atoms with Gasteiger partial charge in [0.1, 0.15) is 23.7 Å². The number of para-hydroxylation sites is 4. The fourth-order valence-corrected chi connectivity index (χ4v) is 4.74. The van der Waals surface area contributed by atoms with Gasteiger partial charge in [-0.25, -0.2) is 9.97 Å². The van der Waals surface area contributed by atoms with Gasteiger partial charge < -0.3 is 0 Å². The second-order valence-corrected chi connectivity index (χ2v) is 9.03. The van der Waals surface area contributed by atoms with Crippen molar-refractivity contribution in [3.63, 3.8) is 0 Å². The number of aromatic nitrogens is 4. The van der Waals surface area contributed by atoms with E-state index in [1.165, 1.54) is 12.1 Å². The first-order chi connectivity index (χ1) is 14.2. The van der Waals surface area contributed by atoms with E-state index in [4.69, 9.17) is 0 Å². The van der Waals surface area contributed by atoms with E-state index in [2.05, 4.69) is 26.5 Å². The van der Waals surface area contributed by atoms with Crippen molar-refractivity contribution >= 4 is 51.1 Å². The second-order valence-electron chi connectivity index (χ2n) is 5.46. The van der Waals surface area contributed by atoms with Crippen molar-refractivity contribution < 1.29 is 37.9 Å². The van der Waals surface area contributed by atoms with Gasteiger partial charge in [0.15, 0.2) is 0 Å². The Hall–Kier alpha value is -3.10. The van der Waals surface area contributed by atoms with E-state index >= 15 is 0 Å². The molecule has 0 aliphatic rings. The highest BCUT2D eigenvalue weighted by atomic mass is 32.3. The van der Waals surface area contributed by atoms with Gasteiger partial charge in [-0.15, -0.1) is 9.46 Å². The molecule has 4 rings (SSSR count). The topological polar surface area (TPSA) is 158 Å². The summed E-state index contributed by atoms with van der Waals surface area (Å²) in [5.41, 5.74) is 1.36. The molecule has 0 N–H and O–H groups in total. The van der Waals surface area contributed by atoms with Crippen molar-refractivity contribution in [2.75, 3.05) is 0 Å². The van der Waals surface area contributed by atoms with E-state index in [1.807, 2.05) is 0 Å². The van der Waals surface area contributed by atoms with Crippen LogP contribution in [0.3, 0.4) is 0 Å². The fourth-order valence-electron chi connectivity index (χ4n) is 2.38. The van der Waals surface area contributed by atoms with Gasteiger partial charge in [0.25, 0.3) is 0 Å². The van der Waals surface area contributed by atoms with Crippen molar-refractivity contribution in [2.45, 2.75) is 0 Å². The summed E-state index contributed by atoms with van der Waals surface area (Å²) in [7, 11) is -13.7. The Morgan fingerprint density at radius 3 is 1.53 bits per heavy atom. The van der Waals surface area contributed by atoms with Crippen molar-refractivity contribution in [1.29, 1.82) is 0 Å². The first kappa shape index (κ1) is 20.2. The molecule has 0 atom stereocenters. The molecule has 0 saturated heterocycles. The summed E-state index contributed by atoms with van der Waals surface area (Å²) in [5, 5.41) is 0. The van der Waals surface area contributed by atoms with E-state index in [0.717, 1.165) is 22.1 Å². The van der Waals surface area contributed by atoms with E-state index in [1.54, 1.807) is 36.4 Å². The molecule has 0 aliphatic heterocycles. The summed E-state index contributed by atoms with van der Waals surface area (Å²) in [4.78, 5) is 7.79. The Labute approximate surface area is 169 Å². The molecule has 0 bridgehead atoms. The first-order valence-electron chi connectivity index (χ1n) is 7.83. The minimum atomic E-state index is -4.99. The Morgan fingerprint density at radius 2 is 1.10 bits per heavy atom. The minimum absolute atomic E-state index is 0.267. The van der Waals surface area contributed by atoms with Crippen molar-refractivity contribution in [1.82, 2.24) is 19.4 Å². The van der Waals surface area contributed by atoms with Crippen molar-refractivity contribution in [3.05, 3.63) is 61.2 Å².